The van der Waals surface area contributed by atoms with E-state index < -0.39 is 0 Å². The number of hydrogen-bond donors (Lipinski definition) is 2. The average Bonchev–Trinajstić information content (AvgIpc) is 2.47. The van der Waals surface area contributed by atoms with Gasteiger partial charge in [0.05, 0.1) is 25.3 Å². The SMILES string of the molecule is COc1ccc(C(C)Nc2ccc(OC)c(Cl)c2)c(O)c1. The molecule has 0 saturated heterocycles. The van der Waals surface area contributed by atoms with Crippen molar-refractivity contribution in [2.75, 3.05) is 19.5 Å². The second-order valence-corrected chi connectivity index (χ2v) is 5.05. The Labute approximate surface area is 129 Å². The van der Waals surface area contributed by atoms with Crippen LogP contribution in [0.4, 0.5) is 5.69 Å². The Bertz CT molecular complexity index is 631. The molecule has 2 N–H and O–H groups in total. The van der Waals surface area contributed by atoms with Gasteiger partial charge >= 0.3 is 0 Å². The molecule has 21 heavy (non-hydrogen) atoms. The van der Waals surface area contributed by atoms with Gasteiger partial charge in [-0.25, -0.2) is 0 Å². The first kappa shape index (κ1) is 15.3. The van der Waals surface area contributed by atoms with E-state index in [1.807, 2.05) is 25.1 Å². The summed E-state index contributed by atoms with van der Waals surface area (Å²) in [6.07, 6.45) is 0. The minimum atomic E-state index is -0.0830. The minimum Gasteiger partial charge on any atom is -0.507 e. The van der Waals surface area contributed by atoms with Crippen molar-refractivity contribution in [3.63, 3.8) is 0 Å². The Balaban J connectivity index is 2.17. The van der Waals surface area contributed by atoms with Crippen LogP contribution in [0.3, 0.4) is 0 Å². The van der Waals surface area contributed by atoms with Gasteiger partial charge in [-0.2, -0.15) is 0 Å². The van der Waals surface area contributed by atoms with Crippen LogP contribution in [0.2, 0.25) is 5.02 Å². The molecule has 112 valence electrons. The third kappa shape index (κ3) is 3.52. The molecule has 0 radical (unpaired) electrons. The fourth-order valence-corrected chi connectivity index (χ4v) is 2.36. The maximum absolute atomic E-state index is 10.0. The maximum atomic E-state index is 10.0. The van der Waals surface area contributed by atoms with E-state index in [9.17, 15) is 5.11 Å². The van der Waals surface area contributed by atoms with E-state index in [0.717, 1.165) is 11.3 Å². The van der Waals surface area contributed by atoms with Crippen LogP contribution in [0.1, 0.15) is 18.5 Å². The molecule has 2 aromatic rings. The fraction of sp³-hybridized carbons (Fsp3) is 0.250. The summed E-state index contributed by atoms with van der Waals surface area (Å²) in [6, 6.07) is 10.6. The van der Waals surface area contributed by atoms with Crippen molar-refractivity contribution >= 4 is 17.3 Å². The molecule has 1 atom stereocenters. The number of methoxy groups -OCH3 is 2. The Morgan fingerprint density at radius 3 is 2.43 bits per heavy atom. The van der Waals surface area contributed by atoms with Crippen LogP contribution < -0.4 is 14.8 Å². The van der Waals surface area contributed by atoms with Gasteiger partial charge in [-0.05, 0) is 37.3 Å². The highest BCUT2D eigenvalue weighted by Gasteiger charge is 2.12. The summed E-state index contributed by atoms with van der Waals surface area (Å²) in [6.45, 7) is 1.96. The monoisotopic (exact) mass is 307 g/mol. The van der Waals surface area contributed by atoms with Gasteiger partial charge in [0.25, 0.3) is 0 Å². The molecule has 2 aromatic carbocycles. The molecular weight excluding hydrogens is 290 g/mol. The molecule has 0 heterocycles. The summed E-state index contributed by atoms with van der Waals surface area (Å²) < 4.78 is 10.2. The molecule has 0 aliphatic carbocycles. The Morgan fingerprint density at radius 2 is 1.86 bits per heavy atom. The fourth-order valence-electron chi connectivity index (χ4n) is 2.10. The standard InChI is InChI=1S/C16H18ClNO3/c1-10(13-6-5-12(20-2)9-15(13)19)18-11-4-7-16(21-3)14(17)8-11/h4-10,18-19H,1-3H3. The molecule has 0 amide bonds. The van der Waals surface area contributed by atoms with Gasteiger partial charge in [-0.3, -0.25) is 0 Å². The topological polar surface area (TPSA) is 50.7 Å². The van der Waals surface area contributed by atoms with E-state index in [2.05, 4.69) is 5.32 Å². The van der Waals surface area contributed by atoms with Crippen molar-refractivity contribution in [1.82, 2.24) is 0 Å². The summed E-state index contributed by atoms with van der Waals surface area (Å²) in [5, 5.41) is 13.9. The number of phenols is 1. The first-order valence-corrected chi connectivity index (χ1v) is 6.90. The van der Waals surface area contributed by atoms with Crippen LogP contribution in [0, 0.1) is 0 Å². The molecular formula is C16H18ClNO3. The highest BCUT2D eigenvalue weighted by molar-refractivity contribution is 6.32. The largest absolute Gasteiger partial charge is 0.507 e. The molecule has 0 fully saturated rings. The van der Waals surface area contributed by atoms with Gasteiger partial charge in [0.1, 0.15) is 17.2 Å². The normalized spacial score (nSPS) is 11.8. The van der Waals surface area contributed by atoms with Crippen molar-refractivity contribution in [3.8, 4) is 17.2 Å². The lowest BCUT2D eigenvalue weighted by Gasteiger charge is -2.18. The molecule has 2 rings (SSSR count). The molecule has 0 aromatic heterocycles. The highest BCUT2D eigenvalue weighted by atomic mass is 35.5. The highest BCUT2D eigenvalue weighted by Crippen LogP contribution is 2.32. The lowest BCUT2D eigenvalue weighted by atomic mass is 10.1. The van der Waals surface area contributed by atoms with Gasteiger partial charge in [0, 0.05) is 17.3 Å². The maximum Gasteiger partial charge on any atom is 0.137 e. The molecule has 0 aliphatic rings. The summed E-state index contributed by atoms with van der Waals surface area (Å²) >= 11 is 6.10. The van der Waals surface area contributed by atoms with Gasteiger partial charge in [-0.15, -0.1) is 0 Å². The Hall–Kier alpha value is -2.07. The van der Waals surface area contributed by atoms with E-state index in [1.54, 1.807) is 32.4 Å². The number of anilines is 1. The number of aromatic hydroxyl groups is 1. The number of rotatable bonds is 5. The van der Waals surface area contributed by atoms with Crippen LogP contribution in [-0.4, -0.2) is 19.3 Å². The zero-order valence-electron chi connectivity index (χ0n) is 12.2. The minimum absolute atomic E-state index is 0.0830. The second kappa shape index (κ2) is 6.59. The Morgan fingerprint density at radius 1 is 1.10 bits per heavy atom. The number of benzene rings is 2. The summed E-state index contributed by atoms with van der Waals surface area (Å²) in [4.78, 5) is 0. The zero-order chi connectivity index (χ0) is 15.4. The number of phenolic OH excluding ortho intramolecular Hbond substituents is 1. The van der Waals surface area contributed by atoms with E-state index in [0.29, 0.717) is 16.5 Å². The van der Waals surface area contributed by atoms with Gasteiger partial charge < -0.3 is 19.9 Å². The first-order valence-electron chi connectivity index (χ1n) is 6.52. The smallest absolute Gasteiger partial charge is 0.137 e. The van der Waals surface area contributed by atoms with Crippen LogP contribution in [-0.2, 0) is 0 Å². The van der Waals surface area contributed by atoms with Gasteiger partial charge in [0.2, 0.25) is 0 Å². The first-order chi connectivity index (χ1) is 10.0. The molecule has 0 saturated carbocycles. The summed E-state index contributed by atoms with van der Waals surface area (Å²) in [7, 11) is 3.14. The van der Waals surface area contributed by atoms with E-state index in [4.69, 9.17) is 21.1 Å². The van der Waals surface area contributed by atoms with Crippen LogP contribution in [0.5, 0.6) is 17.2 Å². The quantitative estimate of drug-likeness (QED) is 0.867. The summed E-state index contributed by atoms with van der Waals surface area (Å²) in [5.41, 5.74) is 1.63. The molecule has 4 nitrogen and oxygen atoms in total. The van der Waals surface area contributed by atoms with Crippen molar-refractivity contribution in [1.29, 1.82) is 0 Å². The molecule has 0 bridgehead atoms. The Kier molecular flexibility index (Phi) is 4.81. The number of halogens is 1. The predicted octanol–water partition coefficient (Wildman–Crippen LogP) is 4.24. The number of nitrogens with one attached hydrogen (secondary N) is 1. The molecule has 0 spiro atoms. The number of hydrogen-bond acceptors (Lipinski definition) is 4. The number of ether oxygens (including phenoxy) is 2. The van der Waals surface area contributed by atoms with Crippen LogP contribution >= 0.6 is 11.6 Å². The van der Waals surface area contributed by atoms with E-state index in [1.165, 1.54) is 0 Å². The summed E-state index contributed by atoms with van der Waals surface area (Å²) in [5.74, 6) is 1.44. The lowest BCUT2D eigenvalue weighted by molar-refractivity contribution is 0.406. The van der Waals surface area contributed by atoms with Crippen molar-refractivity contribution in [2.24, 2.45) is 0 Å². The van der Waals surface area contributed by atoms with Crippen LogP contribution in [0.15, 0.2) is 36.4 Å². The van der Waals surface area contributed by atoms with Gasteiger partial charge in [-0.1, -0.05) is 11.6 Å². The van der Waals surface area contributed by atoms with Crippen molar-refractivity contribution in [3.05, 3.63) is 47.0 Å². The molecule has 5 heteroatoms. The van der Waals surface area contributed by atoms with Crippen molar-refractivity contribution in [2.45, 2.75) is 13.0 Å². The predicted molar refractivity (Wildman–Crippen MR) is 84.7 cm³/mol. The van der Waals surface area contributed by atoms with Crippen molar-refractivity contribution < 1.29 is 14.6 Å². The third-order valence-corrected chi connectivity index (χ3v) is 3.53. The van der Waals surface area contributed by atoms with Gasteiger partial charge in [0.15, 0.2) is 0 Å². The third-order valence-electron chi connectivity index (χ3n) is 3.24. The van der Waals surface area contributed by atoms with E-state index in [-0.39, 0.29) is 11.8 Å². The average molecular weight is 308 g/mol. The lowest BCUT2D eigenvalue weighted by Crippen LogP contribution is -2.07. The van der Waals surface area contributed by atoms with Crippen LogP contribution in [0.25, 0.3) is 0 Å². The second-order valence-electron chi connectivity index (χ2n) is 4.64. The molecule has 0 aliphatic heterocycles. The zero-order valence-corrected chi connectivity index (χ0v) is 12.9. The van der Waals surface area contributed by atoms with E-state index >= 15 is 0 Å². The molecule has 1 unspecified atom stereocenters.